The molecule has 1 saturated heterocycles. The van der Waals surface area contributed by atoms with E-state index in [1.165, 1.54) is 4.90 Å². The van der Waals surface area contributed by atoms with Gasteiger partial charge in [0.2, 0.25) is 29.5 Å². The van der Waals surface area contributed by atoms with Crippen LogP contribution < -0.4 is 26.6 Å². The first-order valence-electron chi connectivity index (χ1n) is 11.7. The van der Waals surface area contributed by atoms with Crippen molar-refractivity contribution < 1.29 is 24.0 Å². The van der Waals surface area contributed by atoms with Crippen LogP contribution in [0.25, 0.3) is 0 Å². The first-order chi connectivity index (χ1) is 17.2. The number of hydrogen-bond acceptors (Lipinski definition) is 6. The van der Waals surface area contributed by atoms with Crippen molar-refractivity contribution >= 4 is 35.2 Å². The molecule has 5 amide bonds. The summed E-state index contributed by atoms with van der Waals surface area (Å²) < 4.78 is 0. The van der Waals surface area contributed by atoms with Crippen molar-refractivity contribution in [2.75, 3.05) is 25.5 Å². The Kier molecular flexibility index (Phi) is 10.8. The van der Waals surface area contributed by atoms with Crippen molar-refractivity contribution in [2.24, 2.45) is 0 Å². The topological polar surface area (TPSA) is 149 Å². The molecular weight excluding hydrogens is 464 g/mol. The van der Waals surface area contributed by atoms with Crippen LogP contribution in [0, 0.1) is 0 Å². The third-order valence-corrected chi connectivity index (χ3v) is 5.79. The molecule has 1 aliphatic heterocycles. The van der Waals surface area contributed by atoms with Crippen LogP contribution in [0.2, 0.25) is 0 Å². The molecule has 0 aliphatic carbocycles. The second-order valence-corrected chi connectivity index (χ2v) is 8.32. The molecule has 1 fully saturated rings. The number of nitrogens with one attached hydrogen (secondary N) is 5. The van der Waals surface area contributed by atoms with E-state index in [9.17, 15) is 24.0 Å². The Labute approximate surface area is 210 Å². The summed E-state index contributed by atoms with van der Waals surface area (Å²) in [7, 11) is 1.62. The van der Waals surface area contributed by atoms with E-state index in [0.717, 1.165) is 17.7 Å². The summed E-state index contributed by atoms with van der Waals surface area (Å²) in [6.07, 6.45) is 3.33. The van der Waals surface area contributed by atoms with Crippen molar-refractivity contribution in [3.63, 3.8) is 0 Å². The standard InChI is InChI=1S/C25H34N6O5/c1-5-21(32)27-15-19(30-23(34)16(3)26-4)25(36)31-12-8-11-20(31)24(35)28-14-17-9-7-10-18(13-17)29-22(33)6-2/h5-7,9-10,13,16,19-20,26H,1-2,8,11-12,14-15H2,3-4H3,(H,27,32)(H,28,35)(H,29,33)(H,30,34)/t16-,19-,20?/m0/s1. The molecule has 3 atom stereocenters. The average Bonchev–Trinajstić information content (AvgIpc) is 3.38. The molecule has 1 aromatic rings. The molecule has 0 radical (unpaired) electrons. The zero-order valence-corrected chi connectivity index (χ0v) is 20.6. The maximum Gasteiger partial charge on any atom is 0.247 e. The van der Waals surface area contributed by atoms with Crippen LogP contribution in [-0.4, -0.2) is 72.7 Å². The van der Waals surface area contributed by atoms with Gasteiger partial charge in [-0.15, -0.1) is 0 Å². The van der Waals surface area contributed by atoms with Crippen LogP contribution >= 0.6 is 0 Å². The van der Waals surface area contributed by atoms with Gasteiger partial charge in [0, 0.05) is 25.3 Å². The highest BCUT2D eigenvalue weighted by Gasteiger charge is 2.38. The van der Waals surface area contributed by atoms with Crippen LogP contribution in [0.4, 0.5) is 5.69 Å². The summed E-state index contributed by atoms with van der Waals surface area (Å²) in [5, 5.41) is 13.5. The van der Waals surface area contributed by atoms with Gasteiger partial charge in [-0.2, -0.15) is 0 Å². The number of likely N-dealkylation sites (N-methyl/N-ethyl adjacent to an activating group) is 1. The molecule has 36 heavy (non-hydrogen) atoms. The third kappa shape index (κ3) is 8.05. The fraction of sp³-hybridized carbons (Fsp3) is 0.400. The zero-order valence-electron chi connectivity index (χ0n) is 20.6. The lowest BCUT2D eigenvalue weighted by Gasteiger charge is -2.29. The lowest BCUT2D eigenvalue weighted by atomic mass is 10.1. The van der Waals surface area contributed by atoms with Crippen molar-refractivity contribution in [1.29, 1.82) is 0 Å². The third-order valence-electron chi connectivity index (χ3n) is 5.79. The molecule has 0 saturated carbocycles. The van der Waals surface area contributed by atoms with E-state index in [1.807, 2.05) is 0 Å². The Morgan fingerprint density at radius 3 is 2.50 bits per heavy atom. The number of carbonyl (C=O) groups is 5. The highest BCUT2D eigenvalue weighted by Crippen LogP contribution is 2.19. The molecule has 11 heteroatoms. The van der Waals surface area contributed by atoms with E-state index in [2.05, 4.69) is 39.7 Å². The molecule has 1 aliphatic rings. The number of hydrogen-bond donors (Lipinski definition) is 5. The van der Waals surface area contributed by atoms with Gasteiger partial charge in [-0.05, 0) is 56.7 Å². The summed E-state index contributed by atoms with van der Waals surface area (Å²) in [4.78, 5) is 63.4. The van der Waals surface area contributed by atoms with E-state index in [1.54, 1.807) is 38.2 Å². The molecular formula is C25H34N6O5. The van der Waals surface area contributed by atoms with Crippen LogP contribution in [-0.2, 0) is 30.5 Å². The number of likely N-dealkylation sites (tertiary alicyclic amines) is 1. The summed E-state index contributed by atoms with van der Waals surface area (Å²) in [5.41, 5.74) is 1.33. The average molecular weight is 499 g/mol. The highest BCUT2D eigenvalue weighted by molar-refractivity contribution is 5.99. The van der Waals surface area contributed by atoms with E-state index in [0.29, 0.717) is 25.1 Å². The minimum absolute atomic E-state index is 0.139. The minimum atomic E-state index is -1.05. The van der Waals surface area contributed by atoms with Gasteiger partial charge in [-0.1, -0.05) is 25.3 Å². The molecule has 11 nitrogen and oxygen atoms in total. The van der Waals surface area contributed by atoms with Crippen LogP contribution in [0.3, 0.4) is 0 Å². The van der Waals surface area contributed by atoms with Gasteiger partial charge in [-0.3, -0.25) is 24.0 Å². The lowest BCUT2D eigenvalue weighted by molar-refractivity contribution is -0.141. The highest BCUT2D eigenvalue weighted by atomic mass is 16.2. The van der Waals surface area contributed by atoms with Gasteiger partial charge < -0.3 is 31.5 Å². The number of carbonyl (C=O) groups excluding carboxylic acids is 5. The second-order valence-electron chi connectivity index (χ2n) is 8.32. The Morgan fingerprint density at radius 1 is 1.11 bits per heavy atom. The smallest absolute Gasteiger partial charge is 0.247 e. The molecule has 5 N–H and O–H groups in total. The van der Waals surface area contributed by atoms with E-state index < -0.39 is 35.8 Å². The Morgan fingerprint density at radius 2 is 1.83 bits per heavy atom. The van der Waals surface area contributed by atoms with Gasteiger partial charge in [-0.25, -0.2) is 0 Å². The van der Waals surface area contributed by atoms with Gasteiger partial charge in [0.1, 0.15) is 12.1 Å². The monoisotopic (exact) mass is 498 g/mol. The quantitative estimate of drug-likeness (QED) is 0.252. The Hall–Kier alpha value is -3.99. The first kappa shape index (κ1) is 28.2. The molecule has 1 unspecified atom stereocenters. The minimum Gasteiger partial charge on any atom is -0.350 e. The first-order valence-corrected chi connectivity index (χ1v) is 11.7. The van der Waals surface area contributed by atoms with E-state index in [4.69, 9.17) is 0 Å². The number of anilines is 1. The molecule has 1 heterocycles. The Bertz CT molecular complexity index is 1010. The largest absolute Gasteiger partial charge is 0.350 e. The predicted octanol–water partition coefficient (Wildman–Crippen LogP) is -0.187. The Balaban J connectivity index is 2.07. The summed E-state index contributed by atoms with van der Waals surface area (Å²) >= 11 is 0. The maximum atomic E-state index is 13.3. The van der Waals surface area contributed by atoms with Gasteiger partial charge in [0.25, 0.3) is 0 Å². The van der Waals surface area contributed by atoms with Gasteiger partial charge in [0.15, 0.2) is 0 Å². The molecule has 194 valence electrons. The number of rotatable bonds is 12. The van der Waals surface area contributed by atoms with Crippen LogP contribution in [0.5, 0.6) is 0 Å². The summed E-state index contributed by atoms with van der Waals surface area (Å²) in [6.45, 7) is 8.85. The number of benzene rings is 1. The summed E-state index contributed by atoms with van der Waals surface area (Å²) in [5.74, 6) is -2.02. The maximum absolute atomic E-state index is 13.3. The molecule has 0 bridgehead atoms. The normalized spacial score (nSPS) is 16.3. The lowest BCUT2D eigenvalue weighted by Crippen LogP contribution is -2.58. The van der Waals surface area contributed by atoms with Crippen LogP contribution in [0.1, 0.15) is 25.3 Å². The van der Waals surface area contributed by atoms with Crippen molar-refractivity contribution in [1.82, 2.24) is 26.2 Å². The number of amides is 5. The molecule has 0 aromatic heterocycles. The van der Waals surface area contributed by atoms with Gasteiger partial charge >= 0.3 is 0 Å². The molecule has 2 rings (SSSR count). The van der Waals surface area contributed by atoms with Crippen molar-refractivity contribution in [2.45, 2.75) is 44.4 Å². The zero-order chi connectivity index (χ0) is 26.7. The summed E-state index contributed by atoms with van der Waals surface area (Å²) in [6, 6.07) is 4.70. The number of nitrogens with zero attached hydrogens (tertiary/aromatic N) is 1. The van der Waals surface area contributed by atoms with E-state index in [-0.39, 0.29) is 24.9 Å². The fourth-order valence-corrected chi connectivity index (χ4v) is 3.67. The molecule has 1 aromatic carbocycles. The van der Waals surface area contributed by atoms with E-state index >= 15 is 0 Å². The van der Waals surface area contributed by atoms with Crippen molar-refractivity contribution in [3.8, 4) is 0 Å². The SMILES string of the molecule is C=CC(=O)NC[C@H](NC(=O)[C@H](C)NC)C(=O)N1CCCC1C(=O)NCc1cccc(NC(=O)C=C)c1. The van der Waals surface area contributed by atoms with Crippen molar-refractivity contribution in [3.05, 3.63) is 55.1 Å². The van der Waals surface area contributed by atoms with Crippen LogP contribution in [0.15, 0.2) is 49.6 Å². The van der Waals surface area contributed by atoms with Gasteiger partial charge in [0.05, 0.1) is 6.04 Å². The second kappa shape index (κ2) is 13.8. The molecule has 0 spiro atoms. The fourth-order valence-electron chi connectivity index (χ4n) is 3.67. The predicted molar refractivity (Wildman–Crippen MR) is 136 cm³/mol.